The minimum Gasteiger partial charge on any atom is -0.497 e. The fraction of sp³-hybridized carbons (Fsp3) is 0.286. The molecule has 0 N–H and O–H groups in total. The van der Waals surface area contributed by atoms with Gasteiger partial charge >= 0.3 is 0 Å². The molecule has 5 rings (SSSR count). The molecule has 5 heteroatoms. The summed E-state index contributed by atoms with van der Waals surface area (Å²) in [5.74, 6) is 0.833. The van der Waals surface area contributed by atoms with Crippen molar-refractivity contribution >= 4 is 11.6 Å². The molecule has 0 aliphatic carbocycles. The van der Waals surface area contributed by atoms with E-state index in [1.54, 1.807) is 12.1 Å². The van der Waals surface area contributed by atoms with Crippen LogP contribution in [0.5, 0.6) is 5.75 Å². The van der Waals surface area contributed by atoms with Gasteiger partial charge in [-0.2, -0.15) is 5.10 Å². The molecule has 0 aromatic heterocycles. The number of hydrogen-bond acceptors (Lipinski definition) is 4. The van der Waals surface area contributed by atoms with E-state index in [9.17, 15) is 4.79 Å². The maximum absolute atomic E-state index is 13.6. The van der Waals surface area contributed by atoms with Gasteiger partial charge in [0.2, 0.25) is 0 Å². The Hall–Kier alpha value is -3.44. The number of hydrazone groups is 1. The van der Waals surface area contributed by atoms with Crippen molar-refractivity contribution in [3.05, 3.63) is 101 Å². The van der Waals surface area contributed by atoms with Crippen LogP contribution in [0.1, 0.15) is 40.3 Å². The molecule has 168 valence electrons. The van der Waals surface area contributed by atoms with Gasteiger partial charge in [0.1, 0.15) is 5.75 Å². The van der Waals surface area contributed by atoms with Crippen LogP contribution in [0.25, 0.3) is 0 Å². The van der Waals surface area contributed by atoms with Gasteiger partial charge in [-0.1, -0.05) is 60.7 Å². The smallest absolute Gasteiger partial charge is 0.257 e. The third-order valence-electron chi connectivity index (χ3n) is 6.68. The number of hydrogen-bond donors (Lipinski definition) is 0. The lowest BCUT2D eigenvalue weighted by molar-refractivity contribution is -0.134. The largest absolute Gasteiger partial charge is 0.497 e. The van der Waals surface area contributed by atoms with Crippen molar-refractivity contribution in [3.63, 3.8) is 0 Å². The van der Waals surface area contributed by atoms with Gasteiger partial charge in [0.05, 0.1) is 25.4 Å². The minimum atomic E-state index is -0.100. The van der Waals surface area contributed by atoms with Crippen LogP contribution < -0.4 is 4.74 Å². The molecule has 0 fully saturated rings. The molecule has 5 nitrogen and oxygen atoms in total. The molecule has 1 atom stereocenters. The van der Waals surface area contributed by atoms with E-state index in [0.717, 1.165) is 42.1 Å². The first-order valence-corrected chi connectivity index (χ1v) is 11.5. The van der Waals surface area contributed by atoms with Crippen LogP contribution in [-0.4, -0.2) is 41.7 Å². The molecule has 0 saturated heterocycles. The topological polar surface area (TPSA) is 45.1 Å². The first kappa shape index (κ1) is 21.4. The summed E-state index contributed by atoms with van der Waals surface area (Å²) in [6.07, 6.45) is 1.66. The Balaban J connectivity index is 1.42. The number of benzene rings is 3. The van der Waals surface area contributed by atoms with E-state index in [-0.39, 0.29) is 11.9 Å². The van der Waals surface area contributed by atoms with E-state index >= 15 is 0 Å². The van der Waals surface area contributed by atoms with Crippen molar-refractivity contribution in [2.45, 2.75) is 32.4 Å². The number of amides is 1. The van der Waals surface area contributed by atoms with Crippen molar-refractivity contribution in [2.75, 3.05) is 20.2 Å². The summed E-state index contributed by atoms with van der Waals surface area (Å²) in [7, 11) is 1.66. The van der Waals surface area contributed by atoms with E-state index in [1.807, 2.05) is 36.4 Å². The van der Waals surface area contributed by atoms with Crippen molar-refractivity contribution in [3.8, 4) is 5.75 Å². The average Bonchev–Trinajstić information content (AvgIpc) is 3.30. The predicted octanol–water partition coefficient (Wildman–Crippen LogP) is 4.74. The van der Waals surface area contributed by atoms with Crippen LogP contribution in [0.15, 0.2) is 77.9 Å². The SMILES string of the molecule is COc1cccc(C2=NN(C(=O)CN3CCc4ccccc4C3)[C@@H](c3ccccc3C)C2)c1. The van der Waals surface area contributed by atoms with Crippen LogP contribution in [0.4, 0.5) is 0 Å². The fourth-order valence-electron chi connectivity index (χ4n) is 4.87. The standard InChI is InChI=1S/C28H29N3O2/c1-20-8-3-6-13-25(20)27-17-26(22-11-7-12-24(16-22)33-2)29-31(27)28(32)19-30-15-14-21-9-4-5-10-23(21)18-30/h3-13,16,27H,14-15,17-19H2,1-2H3/t27-/m1/s1. The second kappa shape index (κ2) is 9.20. The van der Waals surface area contributed by atoms with Gasteiger partial charge in [-0.05, 0) is 47.7 Å². The van der Waals surface area contributed by atoms with Crippen LogP contribution in [-0.2, 0) is 17.8 Å². The number of aryl methyl sites for hydroxylation is 1. The minimum absolute atomic E-state index is 0.0422. The van der Waals surface area contributed by atoms with Crippen molar-refractivity contribution in [1.82, 2.24) is 9.91 Å². The highest BCUT2D eigenvalue weighted by Gasteiger charge is 2.34. The lowest BCUT2D eigenvalue weighted by atomic mass is 9.95. The summed E-state index contributed by atoms with van der Waals surface area (Å²) in [6.45, 7) is 4.16. The highest BCUT2D eigenvalue weighted by molar-refractivity contribution is 6.03. The van der Waals surface area contributed by atoms with Crippen LogP contribution in [0.3, 0.4) is 0 Å². The maximum atomic E-state index is 13.6. The lowest BCUT2D eigenvalue weighted by Gasteiger charge is -2.30. The molecule has 3 aromatic carbocycles. The highest BCUT2D eigenvalue weighted by atomic mass is 16.5. The fourth-order valence-corrected chi connectivity index (χ4v) is 4.87. The normalized spacial score (nSPS) is 18.1. The number of carbonyl (C=O) groups excluding carboxylic acids is 1. The first-order valence-electron chi connectivity index (χ1n) is 11.5. The quantitative estimate of drug-likeness (QED) is 0.577. The molecule has 2 aliphatic rings. The van der Waals surface area contributed by atoms with Crippen molar-refractivity contribution in [1.29, 1.82) is 0 Å². The lowest BCUT2D eigenvalue weighted by Crippen LogP contribution is -2.40. The van der Waals surface area contributed by atoms with Gasteiger partial charge in [-0.25, -0.2) is 5.01 Å². The molecule has 2 heterocycles. The third kappa shape index (κ3) is 4.41. The number of rotatable bonds is 5. The number of fused-ring (bicyclic) bond motifs is 1. The Kier molecular flexibility index (Phi) is 5.97. The number of methoxy groups -OCH3 is 1. The Labute approximate surface area is 195 Å². The Morgan fingerprint density at radius 2 is 1.82 bits per heavy atom. The van der Waals surface area contributed by atoms with Gasteiger partial charge in [-0.3, -0.25) is 9.69 Å². The van der Waals surface area contributed by atoms with E-state index in [1.165, 1.54) is 16.7 Å². The summed E-state index contributed by atoms with van der Waals surface area (Å²) in [5.41, 5.74) is 6.94. The van der Waals surface area contributed by atoms with Gasteiger partial charge in [0.25, 0.3) is 5.91 Å². The number of ether oxygens (including phenoxy) is 1. The zero-order valence-corrected chi connectivity index (χ0v) is 19.2. The molecule has 0 bridgehead atoms. The van der Waals surface area contributed by atoms with Gasteiger partial charge in [-0.15, -0.1) is 0 Å². The molecule has 0 spiro atoms. The molecule has 33 heavy (non-hydrogen) atoms. The summed E-state index contributed by atoms with van der Waals surface area (Å²) in [4.78, 5) is 15.8. The molecule has 2 aliphatic heterocycles. The second-order valence-electron chi connectivity index (χ2n) is 8.82. The van der Waals surface area contributed by atoms with E-state index < -0.39 is 0 Å². The predicted molar refractivity (Wildman–Crippen MR) is 130 cm³/mol. The summed E-state index contributed by atoms with van der Waals surface area (Å²) >= 11 is 0. The molecular weight excluding hydrogens is 410 g/mol. The number of carbonyl (C=O) groups is 1. The Bertz CT molecular complexity index is 1200. The second-order valence-corrected chi connectivity index (χ2v) is 8.82. The zero-order chi connectivity index (χ0) is 22.8. The molecular formula is C28H29N3O2. The van der Waals surface area contributed by atoms with Gasteiger partial charge in [0, 0.05) is 25.1 Å². The van der Waals surface area contributed by atoms with E-state index in [4.69, 9.17) is 9.84 Å². The molecule has 3 aromatic rings. The number of nitrogens with zero attached hydrogens (tertiary/aromatic N) is 3. The van der Waals surface area contributed by atoms with Crippen LogP contribution in [0, 0.1) is 6.92 Å². The first-order chi connectivity index (χ1) is 16.1. The van der Waals surface area contributed by atoms with Crippen LogP contribution >= 0.6 is 0 Å². The van der Waals surface area contributed by atoms with Gasteiger partial charge in [0.15, 0.2) is 0 Å². The highest BCUT2D eigenvalue weighted by Crippen LogP contribution is 2.35. The van der Waals surface area contributed by atoms with E-state index in [2.05, 4.69) is 48.2 Å². The molecule has 1 amide bonds. The summed E-state index contributed by atoms with van der Waals surface area (Å²) in [5, 5.41) is 6.58. The van der Waals surface area contributed by atoms with E-state index in [0.29, 0.717) is 13.0 Å². The van der Waals surface area contributed by atoms with Gasteiger partial charge < -0.3 is 4.74 Å². The summed E-state index contributed by atoms with van der Waals surface area (Å²) in [6, 6.07) is 24.6. The maximum Gasteiger partial charge on any atom is 0.257 e. The van der Waals surface area contributed by atoms with Crippen molar-refractivity contribution in [2.24, 2.45) is 5.10 Å². The average molecular weight is 440 g/mol. The Morgan fingerprint density at radius 3 is 2.64 bits per heavy atom. The molecule has 0 unspecified atom stereocenters. The Morgan fingerprint density at radius 1 is 1.03 bits per heavy atom. The van der Waals surface area contributed by atoms with Crippen LogP contribution in [0.2, 0.25) is 0 Å². The molecule has 0 saturated carbocycles. The monoisotopic (exact) mass is 439 g/mol. The third-order valence-corrected chi connectivity index (χ3v) is 6.68. The summed E-state index contributed by atoms with van der Waals surface area (Å²) < 4.78 is 5.41. The van der Waals surface area contributed by atoms with Crippen molar-refractivity contribution < 1.29 is 9.53 Å². The molecule has 0 radical (unpaired) electrons. The zero-order valence-electron chi connectivity index (χ0n) is 19.2.